The van der Waals surface area contributed by atoms with Crippen LogP contribution in [0.1, 0.15) is 5.56 Å². The number of halogens is 4. The predicted octanol–water partition coefficient (Wildman–Crippen LogP) is 6.10. The summed E-state index contributed by atoms with van der Waals surface area (Å²) >= 11 is 29.4. The summed E-state index contributed by atoms with van der Waals surface area (Å²) in [5.41, 5.74) is 1.34. The molecule has 0 bridgehead atoms. The Morgan fingerprint density at radius 2 is 1.67 bits per heavy atom. The van der Waals surface area contributed by atoms with E-state index in [2.05, 4.69) is 15.3 Å². The average molecular weight is 418 g/mol. The Morgan fingerprint density at radius 3 is 2.33 bits per heavy atom. The molecule has 4 nitrogen and oxygen atoms in total. The van der Waals surface area contributed by atoms with Gasteiger partial charge in [0.1, 0.15) is 0 Å². The maximum absolute atomic E-state index is 6.23. The van der Waals surface area contributed by atoms with Gasteiger partial charge in [-0.05, 0) is 42.5 Å². The molecule has 3 rings (SSSR count). The zero-order valence-corrected chi connectivity index (χ0v) is 15.6. The number of hydrogen-bond donors (Lipinski definition) is 1. The van der Waals surface area contributed by atoms with E-state index in [0.29, 0.717) is 41.8 Å². The molecule has 1 heterocycles. The molecule has 0 saturated heterocycles. The van der Waals surface area contributed by atoms with Crippen LogP contribution in [0.15, 0.2) is 41.5 Å². The topological polar surface area (TPSA) is 46.0 Å². The second-order valence-corrected chi connectivity index (χ2v) is 6.77. The molecule has 0 atom stereocenters. The molecule has 24 heavy (non-hydrogen) atoms. The standard InChI is InChI=1S/C15H8Cl4N4S/c16-9-2-1-8(12(18)5-9)7-20-23-14(21-22-15(23)24)11-4-3-10(17)6-13(11)19/h1-7H,(H,22,24). The van der Waals surface area contributed by atoms with Crippen molar-refractivity contribution < 1.29 is 0 Å². The molecule has 0 aliphatic heterocycles. The van der Waals surface area contributed by atoms with Gasteiger partial charge in [0.05, 0.1) is 16.3 Å². The number of benzene rings is 2. The molecule has 1 N–H and O–H groups in total. The number of hydrogen-bond acceptors (Lipinski definition) is 3. The van der Waals surface area contributed by atoms with Crippen LogP contribution in [0.2, 0.25) is 20.1 Å². The van der Waals surface area contributed by atoms with Gasteiger partial charge >= 0.3 is 0 Å². The minimum atomic E-state index is 0.317. The minimum Gasteiger partial charge on any atom is -0.250 e. The molecule has 2 aromatic carbocycles. The van der Waals surface area contributed by atoms with Gasteiger partial charge < -0.3 is 0 Å². The molecule has 1 aromatic heterocycles. The summed E-state index contributed by atoms with van der Waals surface area (Å²) in [7, 11) is 0. The Labute approximate surface area is 162 Å². The lowest BCUT2D eigenvalue weighted by atomic mass is 10.2. The second-order valence-electron chi connectivity index (χ2n) is 4.70. The van der Waals surface area contributed by atoms with Crippen LogP contribution in [-0.2, 0) is 0 Å². The van der Waals surface area contributed by atoms with Crippen molar-refractivity contribution in [3.8, 4) is 11.4 Å². The van der Waals surface area contributed by atoms with Crippen LogP contribution in [0.3, 0.4) is 0 Å². The molecule has 0 unspecified atom stereocenters. The second kappa shape index (κ2) is 7.25. The Bertz CT molecular complexity index is 993. The van der Waals surface area contributed by atoms with Gasteiger partial charge in [-0.25, -0.2) is 5.10 Å². The highest BCUT2D eigenvalue weighted by Crippen LogP contribution is 2.29. The SMILES string of the molecule is S=c1[nH]nc(-c2ccc(Cl)cc2Cl)n1N=Cc1ccc(Cl)cc1Cl. The first-order chi connectivity index (χ1) is 11.5. The summed E-state index contributed by atoms with van der Waals surface area (Å²) in [6.45, 7) is 0. The minimum absolute atomic E-state index is 0.317. The van der Waals surface area contributed by atoms with E-state index in [1.807, 2.05) is 0 Å². The van der Waals surface area contributed by atoms with Crippen LogP contribution in [0.25, 0.3) is 11.4 Å². The highest BCUT2D eigenvalue weighted by atomic mass is 35.5. The maximum Gasteiger partial charge on any atom is 0.216 e. The van der Waals surface area contributed by atoms with E-state index < -0.39 is 0 Å². The third kappa shape index (κ3) is 3.66. The van der Waals surface area contributed by atoms with Crippen LogP contribution in [0.5, 0.6) is 0 Å². The molecule has 9 heteroatoms. The van der Waals surface area contributed by atoms with Crippen molar-refractivity contribution in [2.24, 2.45) is 5.10 Å². The van der Waals surface area contributed by atoms with Gasteiger partial charge in [0, 0.05) is 21.2 Å². The van der Waals surface area contributed by atoms with Gasteiger partial charge in [-0.15, -0.1) is 0 Å². The first-order valence-electron chi connectivity index (χ1n) is 6.58. The molecule has 3 aromatic rings. The third-order valence-corrected chi connectivity index (χ3v) is 4.47. The van der Waals surface area contributed by atoms with Crippen LogP contribution >= 0.6 is 58.6 Å². The molecule has 0 aliphatic carbocycles. The van der Waals surface area contributed by atoms with Crippen molar-refractivity contribution in [3.63, 3.8) is 0 Å². The normalized spacial score (nSPS) is 11.3. The molecule has 0 spiro atoms. The maximum atomic E-state index is 6.23. The Balaban J connectivity index is 2.05. The van der Waals surface area contributed by atoms with Crippen molar-refractivity contribution >= 4 is 64.8 Å². The Kier molecular flexibility index (Phi) is 5.27. The van der Waals surface area contributed by atoms with E-state index in [-0.39, 0.29) is 0 Å². The molecule has 0 radical (unpaired) electrons. The van der Waals surface area contributed by atoms with Crippen molar-refractivity contribution in [1.29, 1.82) is 0 Å². The number of rotatable bonds is 3. The van der Waals surface area contributed by atoms with Gasteiger partial charge in [0.15, 0.2) is 5.82 Å². The fourth-order valence-electron chi connectivity index (χ4n) is 1.97. The number of H-pyrrole nitrogens is 1. The molecule has 0 saturated carbocycles. The van der Waals surface area contributed by atoms with Crippen LogP contribution in [0, 0.1) is 4.77 Å². The smallest absolute Gasteiger partial charge is 0.216 e. The zero-order chi connectivity index (χ0) is 17.3. The lowest BCUT2D eigenvalue weighted by molar-refractivity contribution is 0.871. The summed E-state index contributed by atoms with van der Waals surface area (Å²) in [6, 6.07) is 10.2. The Morgan fingerprint density at radius 1 is 1.00 bits per heavy atom. The predicted molar refractivity (Wildman–Crippen MR) is 102 cm³/mol. The lowest BCUT2D eigenvalue weighted by Gasteiger charge is -2.04. The van der Waals surface area contributed by atoms with Gasteiger partial charge in [0.25, 0.3) is 0 Å². The van der Waals surface area contributed by atoms with Crippen molar-refractivity contribution in [2.45, 2.75) is 0 Å². The van der Waals surface area contributed by atoms with Gasteiger partial charge in [-0.3, -0.25) is 0 Å². The zero-order valence-electron chi connectivity index (χ0n) is 11.8. The number of nitrogens with one attached hydrogen (secondary N) is 1. The summed E-state index contributed by atoms with van der Waals surface area (Å²) in [5, 5.41) is 13.2. The van der Waals surface area contributed by atoms with E-state index >= 15 is 0 Å². The average Bonchev–Trinajstić information content (AvgIpc) is 2.87. The molecule has 0 aliphatic rings. The van der Waals surface area contributed by atoms with E-state index in [0.717, 1.165) is 0 Å². The molecular formula is C15H8Cl4N4S. The molecule has 0 fully saturated rings. The molecule has 122 valence electrons. The molecular weight excluding hydrogens is 410 g/mol. The number of aromatic amines is 1. The van der Waals surface area contributed by atoms with Crippen molar-refractivity contribution in [1.82, 2.24) is 14.9 Å². The monoisotopic (exact) mass is 416 g/mol. The van der Waals surface area contributed by atoms with E-state index in [1.165, 1.54) is 4.68 Å². The van der Waals surface area contributed by atoms with Crippen LogP contribution in [0.4, 0.5) is 0 Å². The highest BCUT2D eigenvalue weighted by molar-refractivity contribution is 7.71. The van der Waals surface area contributed by atoms with Gasteiger partial charge in [-0.2, -0.15) is 14.9 Å². The fourth-order valence-corrected chi connectivity index (χ4v) is 3.10. The van der Waals surface area contributed by atoms with E-state index in [1.54, 1.807) is 42.6 Å². The number of nitrogens with zero attached hydrogens (tertiary/aromatic N) is 3. The third-order valence-electron chi connectivity index (χ3n) is 3.10. The Hall–Kier alpha value is -1.37. The van der Waals surface area contributed by atoms with Crippen LogP contribution in [-0.4, -0.2) is 21.1 Å². The first kappa shape index (κ1) is 17.5. The fraction of sp³-hybridized carbons (Fsp3) is 0. The van der Waals surface area contributed by atoms with Crippen molar-refractivity contribution in [2.75, 3.05) is 0 Å². The molecule has 0 amide bonds. The van der Waals surface area contributed by atoms with Crippen LogP contribution < -0.4 is 0 Å². The highest BCUT2D eigenvalue weighted by Gasteiger charge is 2.12. The summed E-state index contributed by atoms with van der Waals surface area (Å²) < 4.78 is 1.77. The summed E-state index contributed by atoms with van der Waals surface area (Å²) in [6.07, 6.45) is 1.57. The van der Waals surface area contributed by atoms with Gasteiger partial charge in [0.2, 0.25) is 4.77 Å². The van der Waals surface area contributed by atoms with E-state index in [4.69, 9.17) is 58.6 Å². The largest absolute Gasteiger partial charge is 0.250 e. The summed E-state index contributed by atoms with van der Waals surface area (Å²) in [5.74, 6) is 0.461. The van der Waals surface area contributed by atoms with Gasteiger partial charge in [-0.1, -0.05) is 52.5 Å². The number of aromatic nitrogens is 3. The quantitative estimate of drug-likeness (QED) is 0.413. The first-order valence-corrected chi connectivity index (χ1v) is 8.50. The lowest BCUT2D eigenvalue weighted by Crippen LogP contribution is -1.96. The van der Waals surface area contributed by atoms with E-state index in [9.17, 15) is 0 Å². The van der Waals surface area contributed by atoms with Crippen molar-refractivity contribution in [3.05, 3.63) is 66.8 Å². The summed E-state index contributed by atoms with van der Waals surface area (Å²) in [4.78, 5) is 0.